The number of aromatic nitrogens is 2. The highest BCUT2D eigenvalue weighted by Crippen LogP contribution is 2.13. The van der Waals surface area contributed by atoms with E-state index < -0.39 is 0 Å². The molecule has 0 aliphatic rings. The van der Waals surface area contributed by atoms with Gasteiger partial charge in [-0.05, 0) is 37.6 Å². The summed E-state index contributed by atoms with van der Waals surface area (Å²) in [6.07, 6.45) is 1.59. The van der Waals surface area contributed by atoms with Crippen molar-refractivity contribution in [2.45, 2.75) is 26.5 Å². The van der Waals surface area contributed by atoms with Crippen LogP contribution in [-0.4, -0.2) is 28.5 Å². The van der Waals surface area contributed by atoms with Crippen LogP contribution in [0.4, 0.5) is 4.79 Å². The molecular weight excluding hydrogens is 280 g/mol. The van der Waals surface area contributed by atoms with Crippen molar-refractivity contribution >= 4 is 6.03 Å². The van der Waals surface area contributed by atoms with E-state index in [9.17, 15) is 4.79 Å². The van der Waals surface area contributed by atoms with Crippen LogP contribution < -0.4 is 15.4 Å². The molecule has 2 amide bonds. The summed E-state index contributed by atoms with van der Waals surface area (Å²) >= 11 is 0. The number of aryl methyl sites for hydroxylation is 2. The molecule has 0 aliphatic heterocycles. The van der Waals surface area contributed by atoms with Gasteiger partial charge in [-0.2, -0.15) is 5.10 Å². The van der Waals surface area contributed by atoms with Gasteiger partial charge in [0.2, 0.25) is 0 Å². The summed E-state index contributed by atoms with van der Waals surface area (Å²) in [4.78, 5) is 11.8. The van der Waals surface area contributed by atoms with Gasteiger partial charge in [-0.15, -0.1) is 0 Å². The number of hydrogen-bond acceptors (Lipinski definition) is 3. The summed E-state index contributed by atoms with van der Waals surface area (Å²) in [7, 11) is 1.84. The van der Waals surface area contributed by atoms with E-state index in [2.05, 4.69) is 15.7 Å². The molecule has 1 atom stereocenters. The molecular formula is C16H22N4O2. The van der Waals surface area contributed by atoms with Crippen molar-refractivity contribution in [3.05, 3.63) is 47.8 Å². The standard InChI is InChI=1S/C16H22N4O2/c1-12-5-4-6-15(9-12)22-13(2)10-17-16(21)18-11-14-7-8-19-20(14)3/h4-9,13H,10-11H2,1-3H3,(H2,17,18,21). The van der Waals surface area contributed by atoms with Crippen molar-refractivity contribution < 1.29 is 9.53 Å². The third-order valence-corrected chi connectivity index (χ3v) is 3.23. The molecule has 0 bridgehead atoms. The lowest BCUT2D eigenvalue weighted by molar-refractivity contribution is 0.207. The normalized spacial score (nSPS) is 11.8. The molecule has 0 saturated carbocycles. The Bertz CT molecular complexity index is 624. The Balaban J connectivity index is 1.70. The summed E-state index contributed by atoms with van der Waals surface area (Å²) in [5, 5.41) is 9.63. The van der Waals surface area contributed by atoms with Gasteiger partial charge in [0.05, 0.1) is 18.8 Å². The van der Waals surface area contributed by atoms with E-state index in [0.29, 0.717) is 13.1 Å². The first-order chi connectivity index (χ1) is 10.5. The molecule has 1 unspecified atom stereocenters. The zero-order valence-corrected chi connectivity index (χ0v) is 13.2. The molecule has 0 aliphatic carbocycles. The Morgan fingerprint density at radius 2 is 2.18 bits per heavy atom. The Kier molecular flexibility index (Phi) is 5.41. The fourth-order valence-electron chi connectivity index (χ4n) is 2.01. The van der Waals surface area contributed by atoms with Gasteiger partial charge in [0, 0.05) is 13.2 Å². The van der Waals surface area contributed by atoms with Crippen molar-refractivity contribution in [2.24, 2.45) is 7.05 Å². The fraction of sp³-hybridized carbons (Fsp3) is 0.375. The maximum Gasteiger partial charge on any atom is 0.315 e. The monoisotopic (exact) mass is 302 g/mol. The fourth-order valence-corrected chi connectivity index (χ4v) is 2.01. The molecule has 6 nitrogen and oxygen atoms in total. The maximum absolute atomic E-state index is 11.8. The van der Waals surface area contributed by atoms with Gasteiger partial charge < -0.3 is 15.4 Å². The zero-order chi connectivity index (χ0) is 15.9. The molecule has 1 aromatic carbocycles. The molecule has 2 N–H and O–H groups in total. The van der Waals surface area contributed by atoms with E-state index in [1.165, 1.54) is 0 Å². The highest BCUT2D eigenvalue weighted by atomic mass is 16.5. The minimum absolute atomic E-state index is 0.107. The van der Waals surface area contributed by atoms with E-state index in [0.717, 1.165) is 17.0 Å². The molecule has 0 saturated heterocycles. The first kappa shape index (κ1) is 15.9. The number of ether oxygens (including phenoxy) is 1. The zero-order valence-electron chi connectivity index (χ0n) is 13.2. The predicted octanol–water partition coefficient (Wildman–Crippen LogP) is 2.00. The van der Waals surface area contributed by atoms with Gasteiger partial charge in [0.25, 0.3) is 0 Å². The van der Waals surface area contributed by atoms with Crippen molar-refractivity contribution in [3.8, 4) is 5.75 Å². The highest BCUT2D eigenvalue weighted by Gasteiger charge is 2.07. The molecule has 22 heavy (non-hydrogen) atoms. The second kappa shape index (κ2) is 7.49. The van der Waals surface area contributed by atoms with Gasteiger partial charge in [-0.3, -0.25) is 4.68 Å². The first-order valence-corrected chi connectivity index (χ1v) is 7.26. The second-order valence-electron chi connectivity index (χ2n) is 5.25. The SMILES string of the molecule is Cc1cccc(OC(C)CNC(=O)NCc2ccnn2C)c1. The predicted molar refractivity (Wildman–Crippen MR) is 84.7 cm³/mol. The first-order valence-electron chi connectivity index (χ1n) is 7.26. The van der Waals surface area contributed by atoms with Crippen molar-refractivity contribution in [1.29, 1.82) is 0 Å². The van der Waals surface area contributed by atoms with Crippen LogP contribution in [0, 0.1) is 6.92 Å². The van der Waals surface area contributed by atoms with E-state index >= 15 is 0 Å². The Hall–Kier alpha value is -2.50. The number of amides is 2. The molecule has 1 heterocycles. The second-order valence-corrected chi connectivity index (χ2v) is 5.25. The Morgan fingerprint density at radius 3 is 2.86 bits per heavy atom. The Labute approximate surface area is 130 Å². The lowest BCUT2D eigenvalue weighted by atomic mass is 10.2. The third-order valence-electron chi connectivity index (χ3n) is 3.23. The minimum atomic E-state index is -0.221. The van der Waals surface area contributed by atoms with Gasteiger partial charge in [0.1, 0.15) is 11.9 Å². The summed E-state index contributed by atoms with van der Waals surface area (Å²) in [6.45, 7) is 4.81. The van der Waals surface area contributed by atoms with Gasteiger partial charge in [-0.25, -0.2) is 4.79 Å². The lowest BCUT2D eigenvalue weighted by Gasteiger charge is -2.16. The summed E-state index contributed by atoms with van der Waals surface area (Å²) in [5.74, 6) is 0.810. The van der Waals surface area contributed by atoms with Crippen LogP contribution in [0.2, 0.25) is 0 Å². The van der Waals surface area contributed by atoms with Crippen molar-refractivity contribution in [2.75, 3.05) is 6.54 Å². The van der Waals surface area contributed by atoms with E-state index in [4.69, 9.17) is 4.74 Å². The summed E-state index contributed by atoms with van der Waals surface area (Å²) in [6, 6.07) is 9.49. The van der Waals surface area contributed by atoms with Crippen LogP contribution in [0.15, 0.2) is 36.5 Å². The molecule has 2 rings (SSSR count). The maximum atomic E-state index is 11.8. The lowest BCUT2D eigenvalue weighted by Crippen LogP contribution is -2.40. The molecule has 118 valence electrons. The molecule has 1 aromatic heterocycles. The Morgan fingerprint density at radius 1 is 1.36 bits per heavy atom. The number of nitrogens with zero attached hydrogens (tertiary/aromatic N) is 2. The quantitative estimate of drug-likeness (QED) is 0.857. The number of urea groups is 1. The molecule has 2 aromatic rings. The van der Waals surface area contributed by atoms with Gasteiger partial charge in [0.15, 0.2) is 0 Å². The average Bonchev–Trinajstić information content (AvgIpc) is 2.88. The number of rotatable bonds is 6. The van der Waals surface area contributed by atoms with Crippen LogP contribution in [-0.2, 0) is 13.6 Å². The third kappa shape index (κ3) is 4.80. The van der Waals surface area contributed by atoms with Crippen molar-refractivity contribution in [3.63, 3.8) is 0 Å². The minimum Gasteiger partial charge on any atom is -0.489 e. The van der Waals surface area contributed by atoms with Crippen LogP contribution in [0.25, 0.3) is 0 Å². The van der Waals surface area contributed by atoms with Crippen LogP contribution >= 0.6 is 0 Å². The smallest absolute Gasteiger partial charge is 0.315 e. The van der Waals surface area contributed by atoms with Crippen molar-refractivity contribution in [1.82, 2.24) is 20.4 Å². The number of benzene rings is 1. The van der Waals surface area contributed by atoms with Gasteiger partial charge >= 0.3 is 6.03 Å². The topological polar surface area (TPSA) is 68.2 Å². The summed E-state index contributed by atoms with van der Waals surface area (Å²) in [5.41, 5.74) is 2.09. The van der Waals surface area contributed by atoms with Crippen LogP contribution in [0.5, 0.6) is 5.75 Å². The molecule has 0 fully saturated rings. The number of carbonyl (C=O) groups excluding carboxylic acids is 1. The molecule has 0 spiro atoms. The van der Waals surface area contributed by atoms with Gasteiger partial charge in [-0.1, -0.05) is 12.1 Å². The van der Waals surface area contributed by atoms with E-state index in [1.54, 1.807) is 10.9 Å². The van der Waals surface area contributed by atoms with Crippen LogP contribution in [0.1, 0.15) is 18.2 Å². The number of hydrogen-bond donors (Lipinski definition) is 2. The summed E-state index contributed by atoms with van der Waals surface area (Å²) < 4.78 is 7.48. The van der Waals surface area contributed by atoms with E-state index in [1.807, 2.05) is 51.2 Å². The number of carbonyl (C=O) groups is 1. The highest BCUT2D eigenvalue weighted by molar-refractivity contribution is 5.73. The van der Waals surface area contributed by atoms with E-state index in [-0.39, 0.29) is 12.1 Å². The average molecular weight is 302 g/mol. The van der Waals surface area contributed by atoms with Crippen LogP contribution in [0.3, 0.4) is 0 Å². The molecule has 6 heteroatoms. The number of nitrogens with one attached hydrogen (secondary N) is 2. The molecule has 0 radical (unpaired) electrons. The largest absolute Gasteiger partial charge is 0.489 e.